The van der Waals surface area contributed by atoms with Gasteiger partial charge in [-0.2, -0.15) is 0 Å². The average molecular weight is 287 g/mol. The van der Waals surface area contributed by atoms with Crippen LogP contribution in [0.3, 0.4) is 0 Å². The SMILES string of the molecule is CNCc1ccc(S(=O)(=O)NCc2ccno2)s1. The first kappa shape index (κ1) is 13.2. The molecule has 2 rings (SSSR count). The van der Waals surface area contributed by atoms with Gasteiger partial charge in [0.15, 0.2) is 5.76 Å². The van der Waals surface area contributed by atoms with E-state index in [2.05, 4.69) is 15.2 Å². The molecule has 2 aromatic heterocycles. The minimum atomic E-state index is -3.48. The van der Waals surface area contributed by atoms with Crippen LogP contribution in [0.1, 0.15) is 10.6 Å². The highest BCUT2D eigenvalue weighted by Gasteiger charge is 2.17. The molecule has 2 heterocycles. The van der Waals surface area contributed by atoms with Crippen LogP contribution in [0.4, 0.5) is 0 Å². The highest BCUT2D eigenvalue weighted by molar-refractivity contribution is 7.91. The van der Waals surface area contributed by atoms with Crippen LogP contribution >= 0.6 is 11.3 Å². The zero-order valence-electron chi connectivity index (χ0n) is 9.71. The lowest BCUT2D eigenvalue weighted by molar-refractivity contribution is 0.380. The van der Waals surface area contributed by atoms with Crippen LogP contribution < -0.4 is 10.0 Å². The summed E-state index contributed by atoms with van der Waals surface area (Å²) >= 11 is 1.24. The third-order valence-electron chi connectivity index (χ3n) is 2.18. The van der Waals surface area contributed by atoms with Crippen molar-refractivity contribution in [1.82, 2.24) is 15.2 Å². The average Bonchev–Trinajstić information content (AvgIpc) is 2.98. The molecular formula is C10H13N3O3S2. The molecule has 0 bridgehead atoms. The summed E-state index contributed by atoms with van der Waals surface area (Å²) in [6, 6.07) is 5.01. The molecule has 0 radical (unpaired) electrons. The summed E-state index contributed by atoms with van der Waals surface area (Å²) in [5, 5.41) is 6.48. The molecule has 0 saturated carbocycles. The Morgan fingerprint density at radius 3 is 2.83 bits per heavy atom. The first-order valence-corrected chi connectivity index (χ1v) is 7.54. The Bertz CT molecular complexity index is 590. The maximum Gasteiger partial charge on any atom is 0.250 e. The molecule has 98 valence electrons. The molecule has 0 amide bonds. The van der Waals surface area contributed by atoms with E-state index in [9.17, 15) is 8.42 Å². The van der Waals surface area contributed by atoms with Gasteiger partial charge in [0.05, 0.1) is 12.7 Å². The lowest BCUT2D eigenvalue weighted by Crippen LogP contribution is -2.22. The van der Waals surface area contributed by atoms with E-state index in [1.807, 2.05) is 7.05 Å². The van der Waals surface area contributed by atoms with Crippen molar-refractivity contribution < 1.29 is 12.9 Å². The maximum atomic E-state index is 12.0. The van der Waals surface area contributed by atoms with Crippen LogP contribution in [0.15, 0.2) is 33.1 Å². The Hall–Kier alpha value is -1.22. The van der Waals surface area contributed by atoms with E-state index < -0.39 is 10.0 Å². The number of aromatic nitrogens is 1. The molecule has 0 aliphatic heterocycles. The Labute approximate surface area is 109 Å². The monoisotopic (exact) mass is 287 g/mol. The van der Waals surface area contributed by atoms with E-state index in [1.165, 1.54) is 17.5 Å². The summed E-state index contributed by atoms with van der Waals surface area (Å²) in [4.78, 5) is 0.970. The summed E-state index contributed by atoms with van der Waals surface area (Å²) < 4.78 is 31.5. The van der Waals surface area contributed by atoms with E-state index in [-0.39, 0.29) is 6.54 Å². The molecular weight excluding hydrogens is 274 g/mol. The summed E-state index contributed by atoms with van der Waals surface area (Å²) in [5.41, 5.74) is 0. The van der Waals surface area contributed by atoms with Gasteiger partial charge in [-0.3, -0.25) is 0 Å². The highest BCUT2D eigenvalue weighted by Crippen LogP contribution is 2.21. The van der Waals surface area contributed by atoms with Crippen molar-refractivity contribution in [3.63, 3.8) is 0 Å². The van der Waals surface area contributed by atoms with Gasteiger partial charge in [0.25, 0.3) is 0 Å². The molecule has 2 N–H and O–H groups in total. The predicted molar refractivity (Wildman–Crippen MR) is 67.6 cm³/mol. The second-order valence-corrected chi connectivity index (χ2v) is 6.72. The van der Waals surface area contributed by atoms with E-state index in [0.717, 1.165) is 4.88 Å². The van der Waals surface area contributed by atoms with Crippen molar-refractivity contribution in [3.05, 3.63) is 35.0 Å². The maximum absolute atomic E-state index is 12.0. The summed E-state index contributed by atoms with van der Waals surface area (Å²) in [7, 11) is -1.67. The second kappa shape index (κ2) is 5.61. The van der Waals surface area contributed by atoms with Crippen LogP contribution in [0, 0.1) is 0 Å². The van der Waals surface area contributed by atoms with E-state index in [0.29, 0.717) is 16.5 Å². The summed E-state index contributed by atoms with van der Waals surface area (Å²) in [5.74, 6) is 0.477. The fraction of sp³-hybridized carbons (Fsp3) is 0.300. The number of nitrogens with one attached hydrogen (secondary N) is 2. The molecule has 2 aromatic rings. The second-order valence-electron chi connectivity index (χ2n) is 3.55. The Morgan fingerprint density at radius 1 is 1.33 bits per heavy atom. The number of thiophene rings is 1. The largest absolute Gasteiger partial charge is 0.360 e. The molecule has 18 heavy (non-hydrogen) atoms. The van der Waals surface area contributed by atoms with Crippen LogP contribution in [0.25, 0.3) is 0 Å². The molecule has 0 saturated heterocycles. The Kier molecular flexibility index (Phi) is 4.12. The third-order valence-corrected chi connectivity index (χ3v) is 5.16. The molecule has 0 aliphatic carbocycles. The molecule has 0 aliphatic rings. The number of nitrogens with zero attached hydrogens (tertiary/aromatic N) is 1. The number of sulfonamides is 1. The van der Waals surface area contributed by atoms with Crippen molar-refractivity contribution in [2.45, 2.75) is 17.3 Å². The minimum absolute atomic E-state index is 0.0988. The molecule has 0 atom stereocenters. The minimum Gasteiger partial charge on any atom is -0.360 e. The normalized spacial score (nSPS) is 11.8. The molecule has 0 spiro atoms. The Morgan fingerprint density at radius 2 is 2.17 bits per heavy atom. The van der Waals surface area contributed by atoms with Crippen molar-refractivity contribution in [2.24, 2.45) is 0 Å². The van der Waals surface area contributed by atoms with Gasteiger partial charge in [0.2, 0.25) is 10.0 Å². The number of rotatable bonds is 6. The first-order chi connectivity index (χ1) is 8.62. The van der Waals surface area contributed by atoms with Crippen molar-refractivity contribution in [2.75, 3.05) is 7.05 Å². The smallest absolute Gasteiger partial charge is 0.250 e. The van der Waals surface area contributed by atoms with Gasteiger partial charge in [-0.15, -0.1) is 11.3 Å². The van der Waals surface area contributed by atoms with E-state index >= 15 is 0 Å². The quantitative estimate of drug-likeness (QED) is 0.826. The predicted octanol–water partition coefficient (Wildman–Crippen LogP) is 0.934. The lowest BCUT2D eigenvalue weighted by Gasteiger charge is -2.01. The van der Waals surface area contributed by atoms with Crippen LogP contribution in [-0.2, 0) is 23.1 Å². The van der Waals surface area contributed by atoms with Crippen molar-refractivity contribution >= 4 is 21.4 Å². The van der Waals surface area contributed by atoms with Gasteiger partial charge in [0.1, 0.15) is 4.21 Å². The lowest BCUT2D eigenvalue weighted by atomic mass is 10.5. The highest BCUT2D eigenvalue weighted by atomic mass is 32.2. The van der Waals surface area contributed by atoms with Crippen molar-refractivity contribution in [3.8, 4) is 0 Å². The van der Waals surface area contributed by atoms with Gasteiger partial charge >= 0.3 is 0 Å². The van der Waals surface area contributed by atoms with Crippen LogP contribution in [-0.4, -0.2) is 20.6 Å². The summed E-state index contributed by atoms with van der Waals surface area (Å²) in [6.45, 7) is 0.754. The summed E-state index contributed by atoms with van der Waals surface area (Å²) in [6.07, 6.45) is 1.47. The molecule has 6 nitrogen and oxygen atoms in total. The number of hydrogen-bond acceptors (Lipinski definition) is 6. The third kappa shape index (κ3) is 3.16. The van der Waals surface area contributed by atoms with Gasteiger partial charge in [0, 0.05) is 17.5 Å². The first-order valence-electron chi connectivity index (χ1n) is 5.24. The van der Waals surface area contributed by atoms with Gasteiger partial charge in [-0.1, -0.05) is 5.16 Å². The fourth-order valence-electron chi connectivity index (χ4n) is 1.34. The zero-order valence-corrected chi connectivity index (χ0v) is 11.3. The number of hydrogen-bond donors (Lipinski definition) is 2. The standard InChI is InChI=1S/C10H13N3O3S2/c1-11-7-9-2-3-10(17-9)18(14,15)13-6-8-4-5-12-16-8/h2-5,11,13H,6-7H2,1H3. The van der Waals surface area contributed by atoms with Crippen LogP contribution in [0.5, 0.6) is 0 Å². The van der Waals surface area contributed by atoms with Gasteiger partial charge in [-0.25, -0.2) is 13.1 Å². The van der Waals surface area contributed by atoms with E-state index in [1.54, 1.807) is 18.2 Å². The molecule has 0 unspecified atom stereocenters. The molecule has 8 heteroatoms. The van der Waals surface area contributed by atoms with Crippen molar-refractivity contribution in [1.29, 1.82) is 0 Å². The topological polar surface area (TPSA) is 84.2 Å². The van der Waals surface area contributed by atoms with Gasteiger partial charge in [-0.05, 0) is 19.2 Å². The Balaban J connectivity index is 2.05. The molecule has 0 aromatic carbocycles. The zero-order chi connectivity index (χ0) is 13.0. The van der Waals surface area contributed by atoms with Crippen LogP contribution in [0.2, 0.25) is 0 Å². The fourth-order valence-corrected chi connectivity index (χ4v) is 3.75. The van der Waals surface area contributed by atoms with Gasteiger partial charge < -0.3 is 9.84 Å². The van der Waals surface area contributed by atoms with E-state index in [4.69, 9.17) is 4.52 Å². The molecule has 0 fully saturated rings.